The van der Waals surface area contributed by atoms with Gasteiger partial charge in [0.25, 0.3) is 0 Å². The number of piperidine rings is 1. The second-order valence-electron chi connectivity index (χ2n) is 6.51. The number of allylic oxidation sites excluding steroid dienone is 2. The SMILES string of the molecule is CC1CCCN(C(=O)CN2C(=O)C3CC=CCC3C2=O)C1. The van der Waals surface area contributed by atoms with E-state index in [4.69, 9.17) is 0 Å². The minimum absolute atomic E-state index is 0.0720. The van der Waals surface area contributed by atoms with E-state index in [0.29, 0.717) is 18.8 Å². The number of rotatable bonds is 2. The number of likely N-dealkylation sites (tertiary alicyclic amines) is 2. The van der Waals surface area contributed by atoms with Crippen molar-refractivity contribution in [2.45, 2.75) is 32.6 Å². The van der Waals surface area contributed by atoms with Crippen LogP contribution in [-0.4, -0.2) is 47.2 Å². The molecule has 3 unspecified atom stereocenters. The molecule has 1 aliphatic carbocycles. The highest BCUT2D eigenvalue weighted by Gasteiger charge is 2.47. The summed E-state index contributed by atoms with van der Waals surface area (Å²) in [6.07, 6.45) is 7.32. The summed E-state index contributed by atoms with van der Waals surface area (Å²) in [5, 5.41) is 0. The van der Waals surface area contributed by atoms with Crippen LogP contribution in [0.3, 0.4) is 0 Å². The van der Waals surface area contributed by atoms with Gasteiger partial charge in [0.05, 0.1) is 11.8 Å². The number of carbonyl (C=O) groups excluding carboxylic acids is 3. The van der Waals surface area contributed by atoms with Gasteiger partial charge in [-0.25, -0.2) is 0 Å². The molecule has 3 amide bonds. The van der Waals surface area contributed by atoms with Crippen molar-refractivity contribution in [3.05, 3.63) is 12.2 Å². The van der Waals surface area contributed by atoms with Gasteiger partial charge in [0.2, 0.25) is 17.7 Å². The fourth-order valence-electron chi connectivity index (χ4n) is 3.68. The summed E-state index contributed by atoms with van der Waals surface area (Å²) < 4.78 is 0. The Morgan fingerprint density at radius 2 is 1.81 bits per heavy atom. The normalized spacial score (nSPS) is 32.5. The van der Waals surface area contributed by atoms with E-state index in [2.05, 4.69) is 6.92 Å². The third kappa shape index (κ3) is 2.61. The van der Waals surface area contributed by atoms with Crippen molar-refractivity contribution >= 4 is 17.7 Å². The fraction of sp³-hybridized carbons (Fsp3) is 0.688. The van der Waals surface area contributed by atoms with Crippen LogP contribution in [0, 0.1) is 17.8 Å². The van der Waals surface area contributed by atoms with Gasteiger partial charge >= 0.3 is 0 Å². The molecule has 3 atom stereocenters. The van der Waals surface area contributed by atoms with Gasteiger partial charge in [-0.3, -0.25) is 19.3 Å². The van der Waals surface area contributed by atoms with Crippen molar-refractivity contribution in [3.8, 4) is 0 Å². The molecule has 0 aromatic carbocycles. The van der Waals surface area contributed by atoms with E-state index >= 15 is 0 Å². The summed E-state index contributed by atoms with van der Waals surface area (Å²) in [6.45, 7) is 3.54. The Morgan fingerprint density at radius 3 is 2.38 bits per heavy atom. The average molecular weight is 290 g/mol. The molecule has 3 aliphatic rings. The molecule has 0 saturated carbocycles. The number of imide groups is 1. The zero-order valence-corrected chi connectivity index (χ0v) is 12.5. The van der Waals surface area contributed by atoms with E-state index in [0.717, 1.165) is 25.9 Å². The second-order valence-corrected chi connectivity index (χ2v) is 6.51. The Morgan fingerprint density at radius 1 is 1.19 bits per heavy atom. The molecule has 21 heavy (non-hydrogen) atoms. The molecule has 0 bridgehead atoms. The van der Waals surface area contributed by atoms with Gasteiger partial charge in [0.1, 0.15) is 6.54 Å². The first-order chi connectivity index (χ1) is 10.1. The number of nitrogens with zero attached hydrogens (tertiary/aromatic N) is 2. The molecule has 0 aromatic heterocycles. The Kier molecular flexibility index (Phi) is 3.83. The third-order valence-corrected chi connectivity index (χ3v) is 4.90. The van der Waals surface area contributed by atoms with E-state index in [-0.39, 0.29) is 36.1 Å². The van der Waals surface area contributed by atoms with Gasteiger partial charge in [0.15, 0.2) is 0 Å². The highest BCUT2D eigenvalue weighted by atomic mass is 16.2. The van der Waals surface area contributed by atoms with Crippen molar-refractivity contribution in [1.82, 2.24) is 9.80 Å². The molecule has 5 nitrogen and oxygen atoms in total. The van der Waals surface area contributed by atoms with Crippen LogP contribution in [0.25, 0.3) is 0 Å². The molecule has 0 N–H and O–H groups in total. The lowest BCUT2D eigenvalue weighted by atomic mass is 9.85. The highest BCUT2D eigenvalue weighted by Crippen LogP contribution is 2.35. The maximum Gasteiger partial charge on any atom is 0.242 e. The van der Waals surface area contributed by atoms with Gasteiger partial charge in [-0.05, 0) is 31.6 Å². The topological polar surface area (TPSA) is 57.7 Å². The van der Waals surface area contributed by atoms with Crippen LogP contribution in [-0.2, 0) is 14.4 Å². The first kappa shape index (κ1) is 14.3. The van der Waals surface area contributed by atoms with Crippen LogP contribution in [0.1, 0.15) is 32.6 Å². The smallest absolute Gasteiger partial charge is 0.242 e. The van der Waals surface area contributed by atoms with Crippen molar-refractivity contribution < 1.29 is 14.4 Å². The van der Waals surface area contributed by atoms with Crippen LogP contribution >= 0.6 is 0 Å². The van der Waals surface area contributed by atoms with E-state index in [1.165, 1.54) is 4.90 Å². The maximum absolute atomic E-state index is 12.4. The summed E-state index contributed by atoms with van der Waals surface area (Å²) in [5.41, 5.74) is 0. The molecule has 5 heteroatoms. The summed E-state index contributed by atoms with van der Waals surface area (Å²) in [7, 11) is 0. The lowest BCUT2D eigenvalue weighted by molar-refractivity contribution is -0.147. The van der Waals surface area contributed by atoms with Crippen LogP contribution in [0.5, 0.6) is 0 Å². The molecule has 2 aliphatic heterocycles. The van der Waals surface area contributed by atoms with Crippen LogP contribution < -0.4 is 0 Å². The van der Waals surface area contributed by atoms with Gasteiger partial charge in [-0.1, -0.05) is 19.1 Å². The molecule has 2 saturated heterocycles. The number of hydrogen-bond donors (Lipinski definition) is 0. The summed E-state index contributed by atoms with van der Waals surface area (Å²) in [6, 6.07) is 0. The molecular formula is C16H22N2O3. The predicted molar refractivity (Wildman–Crippen MR) is 77.1 cm³/mol. The van der Waals surface area contributed by atoms with Crippen molar-refractivity contribution in [1.29, 1.82) is 0 Å². The standard InChI is InChI=1S/C16H22N2O3/c1-11-5-4-8-17(9-11)14(19)10-18-15(20)12-6-2-3-7-13(12)16(18)21/h2-3,11-13H,4-10H2,1H3. The van der Waals surface area contributed by atoms with Gasteiger partial charge in [-0.15, -0.1) is 0 Å². The lowest BCUT2D eigenvalue weighted by Crippen LogP contribution is -2.46. The van der Waals surface area contributed by atoms with E-state index in [1.54, 1.807) is 4.90 Å². The largest absolute Gasteiger partial charge is 0.341 e. The van der Waals surface area contributed by atoms with Gasteiger partial charge < -0.3 is 4.90 Å². The molecule has 0 spiro atoms. The predicted octanol–water partition coefficient (Wildman–Crippen LogP) is 1.20. The number of hydrogen-bond acceptors (Lipinski definition) is 3. The summed E-state index contributed by atoms with van der Waals surface area (Å²) >= 11 is 0. The third-order valence-electron chi connectivity index (χ3n) is 4.90. The Hall–Kier alpha value is -1.65. The van der Waals surface area contributed by atoms with Crippen molar-refractivity contribution in [3.63, 3.8) is 0 Å². The maximum atomic E-state index is 12.4. The lowest BCUT2D eigenvalue weighted by Gasteiger charge is -2.32. The monoisotopic (exact) mass is 290 g/mol. The molecule has 3 rings (SSSR count). The highest BCUT2D eigenvalue weighted by molar-refractivity contribution is 6.07. The zero-order chi connectivity index (χ0) is 15.0. The molecule has 2 heterocycles. The van der Waals surface area contributed by atoms with Crippen molar-refractivity contribution in [2.75, 3.05) is 19.6 Å². The minimum Gasteiger partial charge on any atom is -0.341 e. The molecular weight excluding hydrogens is 268 g/mol. The summed E-state index contributed by atoms with van der Waals surface area (Å²) in [4.78, 5) is 40.0. The number of carbonyl (C=O) groups is 3. The van der Waals surface area contributed by atoms with Crippen molar-refractivity contribution in [2.24, 2.45) is 17.8 Å². The zero-order valence-electron chi connectivity index (χ0n) is 12.5. The molecule has 0 aromatic rings. The first-order valence-corrected chi connectivity index (χ1v) is 7.86. The number of amides is 3. The summed E-state index contributed by atoms with van der Waals surface area (Å²) in [5.74, 6) is -0.388. The number of fused-ring (bicyclic) bond motifs is 1. The van der Waals surface area contributed by atoms with E-state index < -0.39 is 0 Å². The minimum atomic E-state index is -0.240. The van der Waals surface area contributed by atoms with E-state index in [1.807, 2.05) is 12.2 Å². The van der Waals surface area contributed by atoms with Gasteiger partial charge in [0, 0.05) is 13.1 Å². The fourth-order valence-corrected chi connectivity index (χ4v) is 3.68. The van der Waals surface area contributed by atoms with E-state index in [9.17, 15) is 14.4 Å². The van der Waals surface area contributed by atoms with Crippen LogP contribution in [0.4, 0.5) is 0 Å². The Bertz CT molecular complexity index is 474. The Labute approximate surface area is 125 Å². The van der Waals surface area contributed by atoms with Crippen LogP contribution in [0.15, 0.2) is 12.2 Å². The molecule has 2 fully saturated rings. The second kappa shape index (κ2) is 5.62. The Balaban J connectivity index is 1.66. The molecule has 114 valence electrons. The quantitative estimate of drug-likeness (QED) is 0.567. The first-order valence-electron chi connectivity index (χ1n) is 7.86. The van der Waals surface area contributed by atoms with Gasteiger partial charge in [-0.2, -0.15) is 0 Å². The van der Waals surface area contributed by atoms with Crippen LogP contribution in [0.2, 0.25) is 0 Å². The average Bonchev–Trinajstić information content (AvgIpc) is 2.73. The molecule has 0 radical (unpaired) electrons.